The minimum atomic E-state index is -0.336. The molecule has 3 aromatic rings. The fourth-order valence-corrected chi connectivity index (χ4v) is 3.23. The average Bonchev–Trinajstić information content (AvgIpc) is 2.93. The Balaban J connectivity index is 2.19. The minimum Gasteiger partial charge on any atom is -0.369 e. The zero-order chi connectivity index (χ0) is 13.6. The van der Waals surface area contributed by atoms with Crippen molar-refractivity contribution in [1.29, 1.82) is 0 Å². The Morgan fingerprint density at radius 2 is 2.11 bits per heavy atom. The van der Waals surface area contributed by atoms with Gasteiger partial charge in [-0.05, 0) is 38.1 Å². The number of anilines is 1. The van der Waals surface area contributed by atoms with Crippen LogP contribution in [0.2, 0.25) is 0 Å². The van der Waals surface area contributed by atoms with Crippen LogP contribution in [0.1, 0.15) is 22.7 Å². The number of hydrogen-bond acceptors (Lipinski definition) is 3. The van der Waals surface area contributed by atoms with Crippen LogP contribution < -0.4 is 5.73 Å². The Morgan fingerprint density at radius 1 is 1.32 bits per heavy atom. The smallest absolute Gasteiger partial charge is 0.201 e. The Labute approximate surface area is 114 Å². The van der Waals surface area contributed by atoms with Crippen molar-refractivity contribution in [2.75, 3.05) is 5.73 Å². The monoisotopic (exact) mass is 275 g/mol. The molecule has 0 aliphatic carbocycles. The van der Waals surface area contributed by atoms with Crippen LogP contribution in [0.15, 0.2) is 30.3 Å². The van der Waals surface area contributed by atoms with Crippen molar-refractivity contribution in [3.63, 3.8) is 0 Å². The van der Waals surface area contributed by atoms with Crippen molar-refractivity contribution in [1.82, 2.24) is 9.55 Å². The second-order valence-corrected chi connectivity index (χ2v) is 5.89. The lowest BCUT2D eigenvalue weighted by Crippen LogP contribution is -2.08. The van der Waals surface area contributed by atoms with E-state index in [-0.39, 0.29) is 11.9 Å². The van der Waals surface area contributed by atoms with Gasteiger partial charge in [-0.2, -0.15) is 0 Å². The van der Waals surface area contributed by atoms with E-state index in [0.29, 0.717) is 11.5 Å². The van der Waals surface area contributed by atoms with Gasteiger partial charge in [-0.15, -0.1) is 11.3 Å². The van der Waals surface area contributed by atoms with E-state index in [1.807, 2.05) is 17.6 Å². The van der Waals surface area contributed by atoms with Gasteiger partial charge in [-0.3, -0.25) is 0 Å². The molecule has 1 aromatic carbocycles. The number of fused-ring (bicyclic) bond motifs is 1. The largest absolute Gasteiger partial charge is 0.369 e. The van der Waals surface area contributed by atoms with Crippen LogP contribution in [-0.2, 0) is 0 Å². The number of nitrogen functional groups attached to an aromatic ring is 1. The number of rotatable bonds is 2. The van der Waals surface area contributed by atoms with E-state index in [2.05, 4.69) is 24.0 Å². The average molecular weight is 275 g/mol. The van der Waals surface area contributed by atoms with Gasteiger partial charge >= 0.3 is 0 Å². The maximum Gasteiger partial charge on any atom is 0.201 e. The van der Waals surface area contributed by atoms with Crippen molar-refractivity contribution >= 4 is 28.3 Å². The van der Waals surface area contributed by atoms with Crippen molar-refractivity contribution in [3.8, 4) is 0 Å². The second kappa shape index (κ2) is 4.35. The molecule has 5 heteroatoms. The van der Waals surface area contributed by atoms with Gasteiger partial charge in [0.15, 0.2) is 5.82 Å². The van der Waals surface area contributed by atoms with Crippen molar-refractivity contribution in [3.05, 3.63) is 45.9 Å². The predicted molar refractivity (Wildman–Crippen MR) is 77.0 cm³/mol. The Kier molecular flexibility index (Phi) is 2.78. The number of para-hydroxylation sites is 1. The number of halogens is 1. The lowest BCUT2D eigenvalue weighted by Gasteiger charge is -2.14. The zero-order valence-corrected chi connectivity index (χ0v) is 11.5. The summed E-state index contributed by atoms with van der Waals surface area (Å²) < 4.78 is 15.6. The Morgan fingerprint density at radius 3 is 2.79 bits per heavy atom. The third-order valence-electron chi connectivity index (χ3n) is 3.26. The van der Waals surface area contributed by atoms with Gasteiger partial charge in [0, 0.05) is 9.75 Å². The molecule has 0 bridgehead atoms. The summed E-state index contributed by atoms with van der Waals surface area (Å²) in [6.45, 7) is 4.11. The van der Waals surface area contributed by atoms with E-state index in [0.717, 1.165) is 5.52 Å². The molecule has 2 heterocycles. The Bertz CT molecular complexity index is 744. The minimum absolute atomic E-state index is 0.0468. The van der Waals surface area contributed by atoms with Gasteiger partial charge in [0.1, 0.15) is 5.52 Å². The molecule has 2 N–H and O–H groups in total. The maximum absolute atomic E-state index is 13.7. The van der Waals surface area contributed by atoms with E-state index < -0.39 is 0 Å². The summed E-state index contributed by atoms with van der Waals surface area (Å²) in [6.07, 6.45) is 0. The van der Waals surface area contributed by atoms with Gasteiger partial charge in [-0.1, -0.05) is 6.07 Å². The normalized spacial score (nSPS) is 13.0. The van der Waals surface area contributed by atoms with E-state index in [1.165, 1.54) is 15.8 Å². The third kappa shape index (κ3) is 1.90. The van der Waals surface area contributed by atoms with E-state index in [1.54, 1.807) is 17.4 Å². The summed E-state index contributed by atoms with van der Waals surface area (Å²) in [5, 5.41) is 0. The molecule has 0 aliphatic heterocycles. The summed E-state index contributed by atoms with van der Waals surface area (Å²) in [4.78, 5) is 6.57. The van der Waals surface area contributed by atoms with Crippen LogP contribution in [0.4, 0.5) is 10.3 Å². The summed E-state index contributed by atoms with van der Waals surface area (Å²) in [5.41, 5.74) is 7.02. The highest BCUT2D eigenvalue weighted by Gasteiger charge is 2.18. The predicted octanol–water partition coefficient (Wildman–Crippen LogP) is 3.74. The summed E-state index contributed by atoms with van der Waals surface area (Å²) in [7, 11) is 0. The molecule has 98 valence electrons. The molecule has 1 unspecified atom stereocenters. The molecule has 0 saturated carbocycles. The first-order valence-electron chi connectivity index (χ1n) is 6.06. The molecule has 0 radical (unpaired) electrons. The fraction of sp³-hybridized carbons (Fsp3) is 0.214. The number of aryl methyl sites for hydroxylation is 1. The van der Waals surface area contributed by atoms with Crippen LogP contribution in [0.3, 0.4) is 0 Å². The van der Waals surface area contributed by atoms with E-state index in [9.17, 15) is 4.39 Å². The molecular weight excluding hydrogens is 261 g/mol. The van der Waals surface area contributed by atoms with E-state index >= 15 is 0 Å². The SMILES string of the molecule is Cc1ccc(C(C)n2c(N)nc3c(F)cccc32)s1. The van der Waals surface area contributed by atoms with Crippen LogP contribution in [0, 0.1) is 12.7 Å². The first kappa shape index (κ1) is 12.2. The van der Waals surface area contributed by atoms with Crippen LogP contribution in [0.5, 0.6) is 0 Å². The number of hydrogen-bond donors (Lipinski definition) is 1. The molecule has 2 aromatic heterocycles. The van der Waals surface area contributed by atoms with Gasteiger partial charge < -0.3 is 10.3 Å². The second-order valence-electron chi connectivity index (χ2n) is 4.57. The quantitative estimate of drug-likeness (QED) is 0.774. The number of thiophene rings is 1. The lowest BCUT2D eigenvalue weighted by atomic mass is 10.2. The fourth-order valence-electron chi connectivity index (χ4n) is 2.31. The molecule has 0 spiro atoms. The van der Waals surface area contributed by atoms with Gasteiger partial charge in [0.05, 0.1) is 11.6 Å². The molecular formula is C14H14FN3S. The van der Waals surface area contributed by atoms with E-state index in [4.69, 9.17) is 5.73 Å². The molecule has 3 rings (SSSR count). The van der Waals surface area contributed by atoms with Crippen molar-refractivity contribution in [2.24, 2.45) is 0 Å². The van der Waals surface area contributed by atoms with Gasteiger partial charge in [-0.25, -0.2) is 9.37 Å². The number of imidazole rings is 1. The van der Waals surface area contributed by atoms with Crippen molar-refractivity contribution in [2.45, 2.75) is 19.9 Å². The molecule has 19 heavy (non-hydrogen) atoms. The van der Waals surface area contributed by atoms with Gasteiger partial charge in [0.2, 0.25) is 5.95 Å². The number of nitrogens with zero attached hydrogens (tertiary/aromatic N) is 2. The standard InChI is InChI=1S/C14H14FN3S/c1-8-6-7-12(19-8)9(2)18-11-5-3-4-10(15)13(11)17-14(18)16/h3-7,9H,1-2H3,(H2,16,17). The third-order valence-corrected chi connectivity index (χ3v) is 4.43. The topological polar surface area (TPSA) is 43.8 Å². The summed E-state index contributed by atoms with van der Waals surface area (Å²) in [6, 6.07) is 9.13. The molecule has 0 aliphatic rings. The Hall–Kier alpha value is -1.88. The molecule has 0 saturated heterocycles. The van der Waals surface area contributed by atoms with Crippen LogP contribution in [-0.4, -0.2) is 9.55 Å². The summed E-state index contributed by atoms with van der Waals surface area (Å²) >= 11 is 1.72. The lowest BCUT2D eigenvalue weighted by molar-refractivity contribution is 0.637. The maximum atomic E-state index is 13.7. The highest BCUT2D eigenvalue weighted by Crippen LogP contribution is 2.31. The highest BCUT2D eigenvalue weighted by molar-refractivity contribution is 7.12. The van der Waals surface area contributed by atoms with Gasteiger partial charge in [0.25, 0.3) is 0 Å². The first-order valence-corrected chi connectivity index (χ1v) is 6.88. The first-order chi connectivity index (χ1) is 9.08. The molecule has 1 atom stereocenters. The number of aromatic nitrogens is 2. The van der Waals surface area contributed by atoms with Crippen molar-refractivity contribution < 1.29 is 4.39 Å². The zero-order valence-electron chi connectivity index (χ0n) is 10.7. The van der Waals surface area contributed by atoms with Crippen LogP contribution in [0.25, 0.3) is 11.0 Å². The molecule has 0 amide bonds. The van der Waals surface area contributed by atoms with Crippen LogP contribution >= 0.6 is 11.3 Å². The molecule has 3 nitrogen and oxygen atoms in total. The summed E-state index contributed by atoms with van der Waals surface area (Å²) in [5.74, 6) is 0.0103. The number of benzene rings is 1. The number of nitrogens with two attached hydrogens (primary N) is 1. The highest BCUT2D eigenvalue weighted by atomic mass is 32.1. The molecule has 0 fully saturated rings.